The summed E-state index contributed by atoms with van der Waals surface area (Å²) in [6, 6.07) is 24.0. The summed E-state index contributed by atoms with van der Waals surface area (Å²) >= 11 is 8.05. The van der Waals surface area contributed by atoms with Crippen molar-refractivity contribution in [2.24, 2.45) is 0 Å². The molecule has 0 saturated carbocycles. The summed E-state index contributed by atoms with van der Waals surface area (Å²) in [7, 11) is 0. The molecule has 158 valence electrons. The molecule has 5 rings (SSSR count). The second-order valence-electron chi connectivity index (χ2n) is 7.11. The van der Waals surface area contributed by atoms with Crippen molar-refractivity contribution >= 4 is 44.7 Å². The van der Waals surface area contributed by atoms with Gasteiger partial charge in [0, 0.05) is 10.6 Å². The van der Waals surface area contributed by atoms with Gasteiger partial charge in [0.2, 0.25) is 0 Å². The number of halogens is 2. The van der Waals surface area contributed by atoms with Crippen LogP contribution in [0.5, 0.6) is 5.75 Å². The molecule has 5 aromatic rings. The Hall–Kier alpha value is -3.48. The molecule has 0 fully saturated rings. The average molecular weight is 462 g/mol. The lowest BCUT2D eigenvalue weighted by molar-refractivity contribution is 0.306. The van der Waals surface area contributed by atoms with Gasteiger partial charge in [-0.3, -0.25) is 0 Å². The van der Waals surface area contributed by atoms with Crippen LogP contribution in [-0.4, -0.2) is 9.97 Å². The molecule has 0 bridgehead atoms. The predicted octanol–water partition coefficient (Wildman–Crippen LogP) is 7.47. The van der Waals surface area contributed by atoms with Crippen molar-refractivity contribution in [2.45, 2.75) is 6.61 Å². The van der Waals surface area contributed by atoms with E-state index >= 15 is 0 Å². The van der Waals surface area contributed by atoms with Gasteiger partial charge in [0.05, 0.1) is 10.4 Å². The van der Waals surface area contributed by atoms with Gasteiger partial charge in [-0.2, -0.15) is 0 Å². The van der Waals surface area contributed by atoms with Gasteiger partial charge in [0.25, 0.3) is 0 Å². The predicted molar refractivity (Wildman–Crippen MR) is 128 cm³/mol. The lowest BCUT2D eigenvalue weighted by Crippen LogP contribution is -1.98. The zero-order chi connectivity index (χ0) is 21.9. The number of hydrogen-bond donors (Lipinski definition) is 1. The summed E-state index contributed by atoms with van der Waals surface area (Å²) in [6.07, 6.45) is 1.55. The second kappa shape index (κ2) is 8.94. The number of benzene rings is 3. The number of ether oxygens (including phenoxy) is 1. The Morgan fingerprint density at radius 1 is 0.938 bits per heavy atom. The molecule has 0 aliphatic heterocycles. The van der Waals surface area contributed by atoms with Crippen LogP contribution in [0.15, 0.2) is 85.2 Å². The van der Waals surface area contributed by atoms with Crippen LogP contribution >= 0.6 is 22.9 Å². The highest BCUT2D eigenvalue weighted by atomic mass is 35.5. The molecule has 0 atom stereocenters. The smallest absolute Gasteiger partial charge is 0.142 e. The first-order valence-corrected chi connectivity index (χ1v) is 11.1. The van der Waals surface area contributed by atoms with Gasteiger partial charge in [-0.05, 0) is 47.5 Å². The highest BCUT2D eigenvalue weighted by molar-refractivity contribution is 7.21. The standard InChI is InChI=1S/C25H17ClFN3OS/c26-21-12-19(9-10-22(21)31-14-16-5-4-8-18(27)11-16)30-24-20-13-23(17-6-2-1-3-7-17)32-25(20)29-15-28-24/h1-13,15H,14H2,(H,28,29,30). The largest absolute Gasteiger partial charge is 0.487 e. The minimum Gasteiger partial charge on any atom is -0.487 e. The Kier molecular flexibility index (Phi) is 5.71. The summed E-state index contributed by atoms with van der Waals surface area (Å²) in [6.45, 7) is 0.230. The van der Waals surface area contributed by atoms with Gasteiger partial charge >= 0.3 is 0 Å². The summed E-state index contributed by atoms with van der Waals surface area (Å²) < 4.78 is 19.1. The quantitative estimate of drug-likeness (QED) is 0.285. The van der Waals surface area contributed by atoms with E-state index < -0.39 is 0 Å². The maximum atomic E-state index is 13.3. The van der Waals surface area contributed by atoms with E-state index in [0.29, 0.717) is 16.6 Å². The molecule has 0 saturated heterocycles. The average Bonchev–Trinajstić information content (AvgIpc) is 3.25. The first-order chi connectivity index (χ1) is 15.7. The van der Waals surface area contributed by atoms with Gasteiger partial charge in [-0.15, -0.1) is 11.3 Å². The number of nitrogens with zero attached hydrogens (tertiary/aromatic N) is 2. The van der Waals surface area contributed by atoms with Crippen LogP contribution in [0.2, 0.25) is 5.02 Å². The third kappa shape index (κ3) is 4.42. The number of anilines is 2. The molecule has 3 aromatic carbocycles. The van der Waals surface area contributed by atoms with Crippen molar-refractivity contribution in [3.8, 4) is 16.2 Å². The van der Waals surface area contributed by atoms with Crippen LogP contribution in [0.4, 0.5) is 15.9 Å². The first kappa shape index (κ1) is 20.4. The number of fused-ring (bicyclic) bond motifs is 1. The van der Waals surface area contributed by atoms with Gasteiger partial charge in [0.15, 0.2) is 0 Å². The van der Waals surface area contributed by atoms with Crippen LogP contribution in [0.25, 0.3) is 20.7 Å². The number of rotatable bonds is 6. The number of thiophene rings is 1. The summed E-state index contributed by atoms with van der Waals surface area (Å²) in [4.78, 5) is 10.9. The van der Waals surface area contributed by atoms with E-state index in [1.165, 1.54) is 12.1 Å². The molecule has 0 aliphatic carbocycles. The third-order valence-electron chi connectivity index (χ3n) is 4.87. The molecular formula is C25H17ClFN3OS. The number of aromatic nitrogens is 2. The molecule has 4 nitrogen and oxygen atoms in total. The van der Waals surface area contributed by atoms with Crippen molar-refractivity contribution in [1.82, 2.24) is 9.97 Å². The van der Waals surface area contributed by atoms with Gasteiger partial charge in [0.1, 0.15) is 35.1 Å². The molecule has 2 aromatic heterocycles. The SMILES string of the molecule is Fc1cccc(COc2ccc(Nc3ncnc4sc(-c5ccccc5)cc34)cc2Cl)c1. The Labute approximate surface area is 193 Å². The highest BCUT2D eigenvalue weighted by Crippen LogP contribution is 2.36. The van der Waals surface area contributed by atoms with E-state index in [9.17, 15) is 4.39 Å². The molecule has 32 heavy (non-hydrogen) atoms. The maximum Gasteiger partial charge on any atom is 0.142 e. The van der Waals surface area contributed by atoms with Crippen molar-refractivity contribution in [3.05, 3.63) is 102 Å². The van der Waals surface area contributed by atoms with Crippen LogP contribution < -0.4 is 10.1 Å². The monoisotopic (exact) mass is 461 g/mol. The Bertz CT molecular complexity index is 1390. The van der Waals surface area contributed by atoms with Crippen LogP contribution in [0, 0.1) is 5.82 Å². The first-order valence-electron chi connectivity index (χ1n) is 9.89. The Balaban J connectivity index is 1.36. The maximum absolute atomic E-state index is 13.3. The van der Waals surface area contributed by atoms with Crippen molar-refractivity contribution < 1.29 is 9.13 Å². The van der Waals surface area contributed by atoms with Crippen molar-refractivity contribution in [3.63, 3.8) is 0 Å². The fraction of sp³-hybridized carbons (Fsp3) is 0.0400. The minimum absolute atomic E-state index is 0.230. The fourth-order valence-electron chi connectivity index (χ4n) is 3.32. The van der Waals surface area contributed by atoms with Gasteiger partial charge in [-0.25, -0.2) is 14.4 Å². The van der Waals surface area contributed by atoms with E-state index in [0.717, 1.165) is 31.9 Å². The molecular weight excluding hydrogens is 445 g/mol. The zero-order valence-corrected chi connectivity index (χ0v) is 18.3. The fourth-order valence-corrected chi connectivity index (χ4v) is 4.56. The van der Waals surface area contributed by atoms with E-state index in [1.54, 1.807) is 41.9 Å². The van der Waals surface area contributed by atoms with Crippen molar-refractivity contribution in [2.75, 3.05) is 5.32 Å². The second-order valence-corrected chi connectivity index (χ2v) is 8.54. The molecule has 0 aliphatic rings. The third-order valence-corrected chi connectivity index (χ3v) is 6.25. The van der Waals surface area contributed by atoms with Crippen LogP contribution in [-0.2, 0) is 6.61 Å². The Morgan fingerprint density at radius 3 is 2.62 bits per heavy atom. The number of nitrogens with one attached hydrogen (secondary N) is 1. The van der Waals surface area contributed by atoms with Gasteiger partial charge < -0.3 is 10.1 Å². The molecule has 1 N–H and O–H groups in total. The molecule has 2 heterocycles. The van der Waals surface area contributed by atoms with Crippen LogP contribution in [0.1, 0.15) is 5.56 Å². The summed E-state index contributed by atoms with van der Waals surface area (Å²) in [5.41, 5.74) is 2.66. The lowest BCUT2D eigenvalue weighted by Gasteiger charge is -2.11. The molecule has 0 unspecified atom stereocenters. The summed E-state index contributed by atoms with van der Waals surface area (Å²) in [5.74, 6) is 0.936. The Morgan fingerprint density at radius 2 is 1.81 bits per heavy atom. The highest BCUT2D eigenvalue weighted by Gasteiger charge is 2.11. The topological polar surface area (TPSA) is 47.0 Å². The van der Waals surface area contributed by atoms with Crippen LogP contribution in [0.3, 0.4) is 0 Å². The van der Waals surface area contributed by atoms with Gasteiger partial charge in [-0.1, -0.05) is 54.1 Å². The van der Waals surface area contributed by atoms with E-state index in [4.69, 9.17) is 16.3 Å². The molecule has 0 radical (unpaired) electrons. The van der Waals surface area contributed by atoms with E-state index in [2.05, 4.69) is 33.5 Å². The van der Waals surface area contributed by atoms with E-state index in [1.807, 2.05) is 24.3 Å². The summed E-state index contributed by atoms with van der Waals surface area (Å²) in [5, 5.41) is 4.72. The minimum atomic E-state index is -0.295. The number of hydrogen-bond acceptors (Lipinski definition) is 5. The zero-order valence-electron chi connectivity index (χ0n) is 16.8. The molecule has 0 spiro atoms. The normalized spacial score (nSPS) is 10.9. The van der Waals surface area contributed by atoms with Crippen molar-refractivity contribution in [1.29, 1.82) is 0 Å². The lowest BCUT2D eigenvalue weighted by atomic mass is 10.2. The van der Waals surface area contributed by atoms with E-state index in [-0.39, 0.29) is 12.4 Å². The molecule has 0 amide bonds. The molecule has 7 heteroatoms.